The van der Waals surface area contributed by atoms with Crippen LogP contribution in [0.3, 0.4) is 0 Å². The predicted octanol–water partition coefficient (Wildman–Crippen LogP) is 4.16. The molecule has 1 aliphatic heterocycles. The lowest BCUT2D eigenvalue weighted by atomic mass is 9.75. The summed E-state index contributed by atoms with van der Waals surface area (Å²) in [6, 6.07) is 5.35. The van der Waals surface area contributed by atoms with Crippen LogP contribution < -0.4 is 10.6 Å². The molecule has 0 radical (unpaired) electrons. The number of hydrogen-bond acceptors (Lipinski definition) is 4. The molecule has 1 heterocycles. The smallest absolute Gasteiger partial charge is 0.411 e. The number of benzene rings is 1. The molecule has 6 heteroatoms. The van der Waals surface area contributed by atoms with E-state index >= 15 is 0 Å². The lowest BCUT2D eigenvalue weighted by Crippen LogP contribution is -2.36. The van der Waals surface area contributed by atoms with E-state index in [1.165, 1.54) is 12.8 Å². The Morgan fingerprint density at radius 3 is 2.96 bits per heavy atom. The molecular formula is C20H28N2O4. The first-order chi connectivity index (χ1) is 12.4. The van der Waals surface area contributed by atoms with E-state index in [0.29, 0.717) is 29.1 Å². The van der Waals surface area contributed by atoms with E-state index in [1.54, 1.807) is 12.1 Å². The number of nitrogens with one attached hydrogen (secondary N) is 2. The lowest BCUT2D eigenvalue weighted by molar-refractivity contribution is -0.126. The van der Waals surface area contributed by atoms with E-state index in [0.717, 1.165) is 12.0 Å². The SMILES string of the molecule is CC1CCC(C(C)C)C(OCC(=O)Nc2ccc3c(c2)COC(=O)N3)C1. The van der Waals surface area contributed by atoms with Crippen LogP contribution in [0.4, 0.5) is 16.2 Å². The summed E-state index contributed by atoms with van der Waals surface area (Å²) in [6.45, 7) is 6.97. The summed E-state index contributed by atoms with van der Waals surface area (Å²) in [4.78, 5) is 23.5. The maximum absolute atomic E-state index is 12.3. The summed E-state index contributed by atoms with van der Waals surface area (Å²) in [5.41, 5.74) is 2.23. The van der Waals surface area contributed by atoms with Crippen LogP contribution in [0.1, 0.15) is 45.6 Å². The van der Waals surface area contributed by atoms with Gasteiger partial charge >= 0.3 is 6.09 Å². The van der Waals surface area contributed by atoms with Gasteiger partial charge in [0.2, 0.25) is 5.91 Å². The second kappa shape index (κ2) is 8.08. The predicted molar refractivity (Wildman–Crippen MR) is 100.0 cm³/mol. The average Bonchev–Trinajstić information content (AvgIpc) is 2.60. The van der Waals surface area contributed by atoms with E-state index in [4.69, 9.17) is 9.47 Å². The van der Waals surface area contributed by atoms with Gasteiger partial charge in [-0.2, -0.15) is 0 Å². The number of hydrogen-bond donors (Lipinski definition) is 2. The highest BCUT2D eigenvalue weighted by atomic mass is 16.5. The standard InChI is InChI=1S/C20H28N2O4/c1-12(2)16-6-4-13(3)8-18(16)25-11-19(23)21-15-5-7-17-14(9-15)10-26-20(24)22-17/h5,7,9,12-13,16,18H,4,6,8,10-11H2,1-3H3,(H,21,23)(H,22,24). The zero-order chi connectivity index (χ0) is 18.7. The minimum atomic E-state index is -0.455. The van der Waals surface area contributed by atoms with Gasteiger partial charge in [-0.25, -0.2) is 4.79 Å². The Bertz CT molecular complexity index is 674. The summed E-state index contributed by atoms with van der Waals surface area (Å²) >= 11 is 0. The molecule has 1 aromatic rings. The van der Waals surface area contributed by atoms with Crippen molar-refractivity contribution in [3.63, 3.8) is 0 Å². The molecule has 1 fully saturated rings. The fourth-order valence-electron chi connectivity index (χ4n) is 3.89. The molecule has 3 rings (SSSR count). The van der Waals surface area contributed by atoms with Gasteiger partial charge in [0.1, 0.15) is 13.2 Å². The van der Waals surface area contributed by atoms with Gasteiger partial charge in [0.25, 0.3) is 0 Å². The summed E-state index contributed by atoms with van der Waals surface area (Å²) in [5, 5.41) is 5.50. The molecule has 1 aliphatic carbocycles. The molecule has 0 saturated heterocycles. The highest BCUT2D eigenvalue weighted by Gasteiger charge is 2.31. The number of cyclic esters (lactones) is 1. The lowest BCUT2D eigenvalue weighted by Gasteiger charge is -2.37. The first-order valence-corrected chi connectivity index (χ1v) is 9.40. The van der Waals surface area contributed by atoms with Crippen LogP contribution in [-0.4, -0.2) is 24.7 Å². The van der Waals surface area contributed by atoms with Crippen LogP contribution in [-0.2, 0) is 20.9 Å². The number of carbonyl (C=O) groups excluding carboxylic acids is 2. The molecule has 2 amide bonds. The highest BCUT2D eigenvalue weighted by molar-refractivity contribution is 5.93. The number of carbonyl (C=O) groups is 2. The van der Waals surface area contributed by atoms with Crippen molar-refractivity contribution in [3.05, 3.63) is 23.8 Å². The van der Waals surface area contributed by atoms with Crippen molar-refractivity contribution in [1.82, 2.24) is 0 Å². The van der Waals surface area contributed by atoms with Gasteiger partial charge in [-0.15, -0.1) is 0 Å². The van der Waals surface area contributed by atoms with Crippen molar-refractivity contribution in [2.75, 3.05) is 17.2 Å². The van der Waals surface area contributed by atoms with Gasteiger partial charge in [0, 0.05) is 11.3 Å². The largest absolute Gasteiger partial charge is 0.444 e. The molecule has 2 aliphatic rings. The summed E-state index contributed by atoms with van der Waals surface area (Å²) in [6.07, 6.45) is 3.12. The van der Waals surface area contributed by atoms with Crippen LogP contribution in [0.15, 0.2) is 18.2 Å². The second-order valence-electron chi connectivity index (χ2n) is 7.80. The van der Waals surface area contributed by atoms with Crippen molar-refractivity contribution >= 4 is 23.4 Å². The number of amides is 2. The first-order valence-electron chi connectivity index (χ1n) is 9.40. The molecule has 3 atom stereocenters. The maximum atomic E-state index is 12.3. The Morgan fingerprint density at radius 1 is 1.38 bits per heavy atom. The van der Waals surface area contributed by atoms with E-state index in [9.17, 15) is 9.59 Å². The summed E-state index contributed by atoms with van der Waals surface area (Å²) in [5.74, 6) is 1.57. The van der Waals surface area contributed by atoms with Gasteiger partial charge in [-0.3, -0.25) is 10.1 Å². The molecule has 3 unspecified atom stereocenters. The van der Waals surface area contributed by atoms with E-state index in [1.807, 2.05) is 6.07 Å². The van der Waals surface area contributed by atoms with Crippen molar-refractivity contribution in [3.8, 4) is 0 Å². The van der Waals surface area contributed by atoms with Crippen molar-refractivity contribution in [1.29, 1.82) is 0 Å². The topological polar surface area (TPSA) is 76.7 Å². The third-order valence-electron chi connectivity index (χ3n) is 5.37. The van der Waals surface area contributed by atoms with E-state index < -0.39 is 6.09 Å². The molecule has 1 saturated carbocycles. The van der Waals surface area contributed by atoms with Gasteiger partial charge in [-0.1, -0.05) is 27.2 Å². The molecule has 26 heavy (non-hydrogen) atoms. The van der Waals surface area contributed by atoms with Gasteiger partial charge in [-0.05, 0) is 48.8 Å². The number of fused-ring (bicyclic) bond motifs is 1. The molecular weight excluding hydrogens is 332 g/mol. The van der Waals surface area contributed by atoms with Crippen LogP contribution in [0, 0.1) is 17.8 Å². The van der Waals surface area contributed by atoms with Crippen LogP contribution in [0.25, 0.3) is 0 Å². The van der Waals surface area contributed by atoms with Crippen LogP contribution >= 0.6 is 0 Å². The minimum absolute atomic E-state index is 0.0604. The Hall–Kier alpha value is -2.08. The monoisotopic (exact) mass is 360 g/mol. The van der Waals surface area contributed by atoms with Gasteiger partial charge < -0.3 is 14.8 Å². The third-order valence-corrected chi connectivity index (χ3v) is 5.37. The maximum Gasteiger partial charge on any atom is 0.411 e. The minimum Gasteiger partial charge on any atom is -0.444 e. The van der Waals surface area contributed by atoms with Crippen molar-refractivity contribution in [2.45, 2.75) is 52.7 Å². The molecule has 0 spiro atoms. The molecule has 142 valence electrons. The molecule has 1 aromatic carbocycles. The number of anilines is 2. The zero-order valence-electron chi connectivity index (χ0n) is 15.7. The molecule has 0 bridgehead atoms. The fourth-order valence-corrected chi connectivity index (χ4v) is 3.89. The fraction of sp³-hybridized carbons (Fsp3) is 0.600. The Labute approximate surface area is 154 Å². The third kappa shape index (κ3) is 4.55. The van der Waals surface area contributed by atoms with E-state index in [2.05, 4.69) is 31.4 Å². The number of rotatable bonds is 5. The van der Waals surface area contributed by atoms with Crippen LogP contribution in [0.5, 0.6) is 0 Å². The van der Waals surface area contributed by atoms with E-state index in [-0.39, 0.29) is 25.2 Å². The van der Waals surface area contributed by atoms with Crippen molar-refractivity contribution in [2.24, 2.45) is 17.8 Å². The molecule has 6 nitrogen and oxygen atoms in total. The Balaban J connectivity index is 1.54. The second-order valence-corrected chi connectivity index (χ2v) is 7.80. The highest BCUT2D eigenvalue weighted by Crippen LogP contribution is 2.35. The summed E-state index contributed by atoms with van der Waals surface area (Å²) < 4.78 is 10.9. The Kier molecular flexibility index (Phi) is 5.81. The molecule has 0 aromatic heterocycles. The number of ether oxygens (including phenoxy) is 2. The zero-order valence-corrected chi connectivity index (χ0v) is 15.7. The van der Waals surface area contributed by atoms with Crippen molar-refractivity contribution < 1.29 is 19.1 Å². The quantitative estimate of drug-likeness (QED) is 0.826. The Morgan fingerprint density at radius 2 is 2.19 bits per heavy atom. The van der Waals surface area contributed by atoms with Gasteiger partial charge in [0.05, 0.1) is 11.8 Å². The summed E-state index contributed by atoms with van der Waals surface area (Å²) in [7, 11) is 0. The van der Waals surface area contributed by atoms with Crippen LogP contribution in [0.2, 0.25) is 0 Å². The normalized spacial score (nSPS) is 25.2. The van der Waals surface area contributed by atoms with Gasteiger partial charge in [0.15, 0.2) is 0 Å². The average molecular weight is 360 g/mol. The first kappa shape index (κ1) is 18.7. The molecule has 2 N–H and O–H groups in total.